The molecule has 0 amide bonds. The van der Waals surface area contributed by atoms with Crippen LogP contribution < -0.4 is 11.4 Å². The van der Waals surface area contributed by atoms with E-state index in [2.05, 4.69) is 6.92 Å². The van der Waals surface area contributed by atoms with E-state index in [1.807, 2.05) is 0 Å². The number of pyridine rings is 1. The number of aromatic nitrogens is 1. The largest absolute Gasteiger partial charge is 0.477 e. The van der Waals surface area contributed by atoms with E-state index in [1.165, 1.54) is 22.3 Å². The number of nitrogens with two attached hydrogens (primary N) is 1. The molecule has 0 saturated heterocycles. The molecule has 2 aromatic rings. The Labute approximate surface area is 113 Å². The summed E-state index contributed by atoms with van der Waals surface area (Å²) in [6.45, 7) is 2.19. The maximum Gasteiger partial charge on any atom is 0.354 e. The standard InChI is InChI=1S/C13H14N2O3S/c1-6-2-3-7-9(4-6)19-10-5-8(13(17)18)15(14)12(16)11(7)10/h5-6H,2-4,14H2,1H3,(H,17,18). The van der Waals surface area contributed by atoms with Gasteiger partial charge in [-0.05, 0) is 36.8 Å². The Morgan fingerprint density at radius 3 is 3.00 bits per heavy atom. The Morgan fingerprint density at radius 2 is 2.32 bits per heavy atom. The highest BCUT2D eigenvalue weighted by molar-refractivity contribution is 7.19. The Kier molecular flexibility index (Phi) is 2.63. The molecule has 0 radical (unpaired) electrons. The van der Waals surface area contributed by atoms with Crippen LogP contribution >= 0.6 is 11.3 Å². The van der Waals surface area contributed by atoms with E-state index < -0.39 is 11.5 Å². The lowest BCUT2D eigenvalue weighted by Crippen LogP contribution is -2.32. The van der Waals surface area contributed by atoms with Crippen molar-refractivity contribution in [2.75, 3.05) is 5.84 Å². The quantitative estimate of drug-likeness (QED) is 0.776. The highest BCUT2D eigenvalue weighted by atomic mass is 32.1. The van der Waals surface area contributed by atoms with Crippen molar-refractivity contribution in [3.05, 3.63) is 32.6 Å². The minimum Gasteiger partial charge on any atom is -0.477 e. The smallest absolute Gasteiger partial charge is 0.354 e. The molecule has 1 aliphatic carbocycles. The second-order valence-electron chi connectivity index (χ2n) is 5.10. The number of hydrogen-bond acceptors (Lipinski definition) is 4. The lowest BCUT2D eigenvalue weighted by molar-refractivity contribution is 0.0686. The molecule has 2 heterocycles. The van der Waals surface area contributed by atoms with Crippen LogP contribution in [0.4, 0.5) is 0 Å². The molecular weight excluding hydrogens is 264 g/mol. The summed E-state index contributed by atoms with van der Waals surface area (Å²) in [5, 5.41) is 9.67. The normalized spacial score (nSPS) is 18.5. The van der Waals surface area contributed by atoms with Crippen molar-refractivity contribution in [1.29, 1.82) is 0 Å². The fourth-order valence-electron chi connectivity index (χ4n) is 2.70. The molecule has 0 aliphatic heterocycles. The van der Waals surface area contributed by atoms with E-state index in [9.17, 15) is 9.59 Å². The Hall–Kier alpha value is -1.82. The zero-order valence-electron chi connectivity index (χ0n) is 10.5. The van der Waals surface area contributed by atoms with Crippen LogP contribution in [0, 0.1) is 5.92 Å². The Morgan fingerprint density at radius 1 is 1.58 bits per heavy atom. The summed E-state index contributed by atoms with van der Waals surface area (Å²) in [4.78, 5) is 24.5. The average Bonchev–Trinajstić information content (AvgIpc) is 2.70. The van der Waals surface area contributed by atoms with Crippen LogP contribution in [0.3, 0.4) is 0 Å². The molecule has 1 unspecified atom stereocenters. The lowest BCUT2D eigenvalue weighted by Gasteiger charge is -2.17. The number of carboxylic acids is 1. The molecule has 1 atom stereocenters. The Balaban J connectivity index is 2.35. The summed E-state index contributed by atoms with van der Waals surface area (Å²) in [7, 11) is 0. The van der Waals surface area contributed by atoms with Gasteiger partial charge in [-0.1, -0.05) is 6.92 Å². The second-order valence-corrected chi connectivity index (χ2v) is 6.24. The third-order valence-electron chi connectivity index (χ3n) is 3.72. The van der Waals surface area contributed by atoms with Crippen LogP contribution in [0.5, 0.6) is 0 Å². The van der Waals surface area contributed by atoms with Crippen molar-refractivity contribution < 1.29 is 9.90 Å². The Bertz CT molecular complexity index is 744. The van der Waals surface area contributed by atoms with Crippen molar-refractivity contribution in [1.82, 2.24) is 4.68 Å². The fourth-order valence-corrected chi connectivity index (χ4v) is 4.14. The first-order valence-electron chi connectivity index (χ1n) is 6.17. The van der Waals surface area contributed by atoms with E-state index in [0.29, 0.717) is 11.3 Å². The van der Waals surface area contributed by atoms with Gasteiger partial charge in [0.05, 0.1) is 5.39 Å². The SMILES string of the molecule is CC1CCc2c(sc3cc(C(=O)O)n(N)c(=O)c23)C1. The molecule has 1 aliphatic rings. The first-order valence-corrected chi connectivity index (χ1v) is 6.99. The highest BCUT2D eigenvalue weighted by Gasteiger charge is 2.24. The number of hydrogen-bond donors (Lipinski definition) is 2. The molecule has 0 saturated carbocycles. The summed E-state index contributed by atoms with van der Waals surface area (Å²) in [5.41, 5.74) is 0.505. The fraction of sp³-hybridized carbons (Fsp3) is 0.385. The van der Waals surface area contributed by atoms with Gasteiger partial charge in [0.25, 0.3) is 5.56 Å². The third kappa shape index (κ3) is 1.74. The van der Waals surface area contributed by atoms with Gasteiger partial charge in [-0.2, -0.15) is 0 Å². The number of fused-ring (bicyclic) bond motifs is 3. The van der Waals surface area contributed by atoms with Gasteiger partial charge in [-0.25, -0.2) is 9.47 Å². The van der Waals surface area contributed by atoms with E-state index in [1.54, 1.807) is 0 Å². The number of rotatable bonds is 1. The predicted molar refractivity (Wildman–Crippen MR) is 74.4 cm³/mol. The number of nitrogens with zero attached hydrogens (tertiary/aromatic N) is 1. The van der Waals surface area contributed by atoms with Crippen molar-refractivity contribution >= 4 is 27.4 Å². The number of thiophene rings is 1. The summed E-state index contributed by atoms with van der Waals surface area (Å²) >= 11 is 1.53. The molecule has 100 valence electrons. The number of aromatic carboxylic acids is 1. The zero-order chi connectivity index (χ0) is 13.7. The topological polar surface area (TPSA) is 85.3 Å². The first kappa shape index (κ1) is 12.2. The summed E-state index contributed by atoms with van der Waals surface area (Å²) in [5.74, 6) is 5.03. The van der Waals surface area contributed by atoms with Gasteiger partial charge in [-0.3, -0.25) is 4.79 Å². The summed E-state index contributed by atoms with van der Waals surface area (Å²) in [6, 6.07) is 1.51. The van der Waals surface area contributed by atoms with Crippen LogP contribution in [0.25, 0.3) is 10.1 Å². The van der Waals surface area contributed by atoms with Gasteiger partial charge in [0.15, 0.2) is 5.69 Å². The van der Waals surface area contributed by atoms with Crippen molar-refractivity contribution in [3.8, 4) is 0 Å². The summed E-state index contributed by atoms with van der Waals surface area (Å²) in [6.07, 6.45) is 2.89. The maximum atomic E-state index is 12.2. The minimum atomic E-state index is -1.18. The number of aryl methyl sites for hydroxylation is 1. The van der Waals surface area contributed by atoms with Gasteiger partial charge in [0.1, 0.15) is 0 Å². The van der Waals surface area contributed by atoms with Crippen molar-refractivity contribution in [2.24, 2.45) is 5.92 Å². The molecule has 5 nitrogen and oxygen atoms in total. The van der Waals surface area contributed by atoms with Crippen LogP contribution in [-0.4, -0.2) is 15.8 Å². The maximum absolute atomic E-state index is 12.2. The molecule has 3 rings (SSSR count). The molecule has 19 heavy (non-hydrogen) atoms. The number of carbonyl (C=O) groups is 1. The lowest BCUT2D eigenvalue weighted by atomic mass is 9.89. The molecule has 0 spiro atoms. The van der Waals surface area contributed by atoms with Gasteiger partial charge >= 0.3 is 5.97 Å². The predicted octanol–water partition coefficient (Wildman–Crippen LogP) is 1.60. The van der Waals surface area contributed by atoms with Crippen LogP contribution in [0.15, 0.2) is 10.9 Å². The van der Waals surface area contributed by atoms with Gasteiger partial charge in [0.2, 0.25) is 0 Å². The average molecular weight is 278 g/mol. The molecular formula is C13H14N2O3S. The van der Waals surface area contributed by atoms with Crippen LogP contribution in [0.2, 0.25) is 0 Å². The number of carboxylic acid groups (broad SMARTS) is 1. The van der Waals surface area contributed by atoms with Crippen molar-refractivity contribution in [3.63, 3.8) is 0 Å². The van der Waals surface area contributed by atoms with Gasteiger partial charge in [-0.15, -0.1) is 11.3 Å². The molecule has 2 aromatic heterocycles. The molecule has 0 aromatic carbocycles. The molecule has 6 heteroatoms. The first-order chi connectivity index (χ1) is 8.99. The molecule has 3 N–H and O–H groups in total. The highest BCUT2D eigenvalue weighted by Crippen LogP contribution is 2.36. The molecule has 0 fully saturated rings. The van der Waals surface area contributed by atoms with Crippen LogP contribution in [-0.2, 0) is 12.8 Å². The third-order valence-corrected chi connectivity index (χ3v) is 4.92. The zero-order valence-corrected chi connectivity index (χ0v) is 11.3. The number of nitrogen functional groups attached to an aromatic ring is 1. The van der Waals surface area contributed by atoms with E-state index >= 15 is 0 Å². The van der Waals surface area contributed by atoms with E-state index in [4.69, 9.17) is 10.9 Å². The minimum absolute atomic E-state index is 0.163. The van der Waals surface area contributed by atoms with E-state index in [0.717, 1.165) is 34.2 Å². The second kappa shape index (κ2) is 4.09. The summed E-state index contributed by atoms with van der Waals surface area (Å²) < 4.78 is 1.48. The van der Waals surface area contributed by atoms with Crippen molar-refractivity contribution in [2.45, 2.75) is 26.2 Å². The molecule has 0 bridgehead atoms. The monoisotopic (exact) mass is 278 g/mol. The van der Waals surface area contributed by atoms with Gasteiger partial charge in [0, 0.05) is 9.58 Å². The van der Waals surface area contributed by atoms with Gasteiger partial charge < -0.3 is 10.9 Å². The van der Waals surface area contributed by atoms with Crippen LogP contribution in [0.1, 0.15) is 34.3 Å². The van der Waals surface area contributed by atoms with E-state index in [-0.39, 0.29) is 5.69 Å².